The molecule has 0 aliphatic carbocycles. The normalized spacial score (nSPS) is 10.9. The first-order valence-corrected chi connectivity index (χ1v) is 8.01. The van der Waals surface area contributed by atoms with Gasteiger partial charge in [-0.15, -0.1) is 11.6 Å². The van der Waals surface area contributed by atoms with Crippen molar-refractivity contribution in [2.75, 3.05) is 19.6 Å². The number of halogens is 1. The molecule has 1 amide bonds. The van der Waals surface area contributed by atoms with Crippen LogP contribution in [0.25, 0.3) is 10.8 Å². The molecule has 1 aromatic heterocycles. The van der Waals surface area contributed by atoms with Gasteiger partial charge in [-0.25, -0.2) is 4.68 Å². The molecule has 1 aromatic carbocycles. The molecule has 0 bridgehead atoms. The molecular weight excluding hydrogens is 318 g/mol. The summed E-state index contributed by atoms with van der Waals surface area (Å²) >= 11 is 5.59. The predicted octanol–water partition coefficient (Wildman–Crippen LogP) is 1.68. The van der Waals surface area contributed by atoms with Crippen molar-refractivity contribution >= 4 is 28.3 Å². The van der Waals surface area contributed by atoms with Crippen molar-refractivity contribution in [3.8, 4) is 0 Å². The molecule has 23 heavy (non-hydrogen) atoms. The molecule has 0 saturated carbocycles. The fourth-order valence-corrected chi connectivity index (χ4v) is 2.40. The van der Waals surface area contributed by atoms with Gasteiger partial charge in [0, 0.05) is 24.8 Å². The van der Waals surface area contributed by atoms with Crippen molar-refractivity contribution < 1.29 is 9.53 Å². The molecule has 0 aliphatic heterocycles. The van der Waals surface area contributed by atoms with E-state index in [1.54, 1.807) is 13.2 Å². The third-order valence-electron chi connectivity index (χ3n) is 3.44. The number of alkyl halides is 1. The summed E-state index contributed by atoms with van der Waals surface area (Å²) in [6, 6.07) is 7.26. The number of ether oxygens (including phenoxy) is 1. The first kappa shape index (κ1) is 17.4. The fraction of sp³-hybridized carbons (Fsp3) is 0.438. The van der Waals surface area contributed by atoms with Gasteiger partial charge >= 0.3 is 0 Å². The lowest BCUT2D eigenvalue weighted by atomic mass is 10.1. The summed E-state index contributed by atoms with van der Waals surface area (Å²) < 4.78 is 6.39. The van der Waals surface area contributed by atoms with E-state index in [0.717, 1.165) is 5.39 Å². The van der Waals surface area contributed by atoms with Crippen LogP contribution in [0.15, 0.2) is 29.1 Å². The highest BCUT2D eigenvalue weighted by Gasteiger charge is 2.11. The molecule has 0 spiro atoms. The third-order valence-corrected chi connectivity index (χ3v) is 3.71. The van der Waals surface area contributed by atoms with Crippen LogP contribution in [0.5, 0.6) is 0 Å². The summed E-state index contributed by atoms with van der Waals surface area (Å²) in [5.74, 6) is 0.377. The number of rotatable bonds is 8. The largest absolute Gasteiger partial charge is 0.383 e. The predicted molar refractivity (Wildman–Crippen MR) is 89.7 cm³/mol. The Balaban J connectivity index is 2.28. The summed E-state index contributed by atoms with van der Waals surface area (Å²) in [6.45, 7) is 1.04. The van der Waals surface area contributed by atoms with Crippen molar-refractivity contribution in [1.29, 1.82) is 0 Å². The van der Waals surface area contributed by atoms with Gasteiger partial charge < -0.3 is 10.1 Å². The van der Waals surface area contributed by atoms with Crippen molar-refractivity contribution in [1.82, 2.24) is 15.1 Å². The van der Waals surface area contributed by atoms with Gasteiger partial charge in [-0.3, -0.25) is 9.59 Å². The van der Waals surface area contributed by atoms with Crippen LogP contribution in [0.2, 0.25) is 0 Å². The summed E-state index contributed by atoms with van der Waals surface area (Å²) in [4.78, 5) is 24.2. The van der Waals surface area contributed by atoms with E-state index in [2.05, 4.69) is 10.4 Å². The number of hydrogen-bond acceptors (Lipinski definition) is 4. The Morgan fingerprint density at radius 2 is 2.09 bits per heavy atom. The number of carbonyl (C=O) groups is 1. The monoisotopic (exact) mass is 337 g/mol. The van der Waals surface area contributed by atoms with Crippen molar-refractivity contribution in [2.45, 2.75) is 25.9 Å². The number of carbonyl (C=O) groups excluding carboxylic acids is 1. The van der Waals surface area contributed by atoms with Gasteiger partial charge in [0.05, 0.1) is 30.8 Å². The zero-order valence-corrected chi connectivity index (χ0v) is 13.8. The highest BCUT2D eigenvalue weighted by Crippen LogP contribution is 2.13. The molecule has 0 unspecified atom stereocenters. The van der Waals surface area contributed by atoms with E-state index in [-0.39, 0.29) is 18.0 Å². The fourth-order valence-electron chi connectivity index (χ4n) is 2.26. The molecule has 124 valence electrons. The molecule has 0 atom stereocenters. The average molecular weight is 338 g/mol. The Labute approximate surface area is 139 Å². The van der Waals surface area contributed by atoms with Crippen LogP contribution in [-0.2, 0) is 22.6 Å². The Morgan fingerprint density at radius 1 is 1.35 bits per heavy atom. The number of methoxy groups -OCH3 is 1. The second-order valence-electron chi connectivity index (χ2n) is 5.08. The van der Waals surface area contributed by atoms with Crippen LogP contribution in [0.4, 0.5) is 0 Å². The molecule has 0 radical (unpaired) electrons. The van der Waals surface area contributed by atoms with E-state index < -0.39 is 0 Å². The number of hydrogen-bond donors (Lipinski definition) is 1. The van der Waals surface area contributed by atoms with E-state index in [4.69, 9.17) is 16.3 Å². The lowest BCUT2D eigenvalue weighted by molar-refractivity contribution is -0.121. The molecule has 1 heterocycles. The first-order valence-electron chi connectivity index (χ1n) is 7.47. The maximum absolute atomic E-state index is 12.4. The molecule has 6 nitrogen and oxygen atoms in total. The molecule has 7 heteroatoms. The molecule has 0 saturated heterocycles. The molecule has 2 aromatic rings. The Bertz CT molecular complexity index is 730. The zero-order chi connectivity index (χ0) is 16.7. The van der Waals surface area contributed by atoms with E-state index in [1.165, 1.54) is 4.68 Å². The van der Waals surface area contributed by atoms with Gasteiger partial charge in [-0.1, -0.05) is 18.2 Å². The number of benzene rings is 1. The topological polar surface area (TPSA) is 73.2 Å². The molecule has 0 fully saturated rings. The number of nitrogens with one attached hydrogen (secondary N) is 1. The smallest absolute Gasteiger partial charge is 0.274 e. The van der Waals surface area contributed by atoms with Crippen LogP contribution >= 0.6 is 11.6 Å². The highest BCUT2D eigenvalue weighted by atomic mass is 35.5. The van der Waals surface area contributed by atoms with E-state index >= 15 is 0 Å². The average Bonchev–Trinajstić information content (AvgIpc) is 2.58. The Morgan fingerprint density at radius 3 is 2.78 bits per heavy atom. The molecule has 2 rings (SSSR count). The summed E-state index contributed by atoms with van der Waals surface area (Å²) in [7, 11) is 1.57. The van der Waals surface area contributed by atoms with Gasteiger partial charge in [0.1, 0.15) is 0 Å². The molecular formula is C16H20ClN3O3. The van der Waals surface area contributed by atoms with Gasteiger partial charge in [0.2, 0.25) is 5.91 Å². The lowest BCUT2D eigenvalue weighted by Crippen LogP contribution is -2.29. The van der Waals surface area contributed by atoms with Crippen molar-refractivity contribution in [3.63, 3.8) is 0 Å². The minimum absolute atomic E-state index is 0.0776. The summed E-state index contributed by atoms with van der Waals surface area (Å²) in [6.07, 6.45) is 1.01. The number of nitrogens with zero attached hydrogens (tertiary/aromatic N) is 2. The Hall–Kier alpha value is -1.92. The van der Waals surface area contributed by atoms with Crippen LogP contribution in [0, 0.1) is 0 Å². The first-order chi connectivity index (χ1) is 11.2. The second kappa shape index (κ2) is 8.64. The van der Waals surface area contributed by atoms with Gasteiger partial charge in [0.25, 0.3) is 5.56 Å². The van der Waals surface area contributed by atoms with Crippen LogP contribution in [0.3, 0.4) is 0 Å². The van der Waals surface area contributed by atoms with E-state index in [0.29, 0.717) is 43.0 Å². The van der Waals surface area contributed by atoms with E-state index in [9.17, 15) is 9.59 Å². The SMILES string of the molecule is COCCn1nc(CNC(=O)CCCCl)c2ccccc2c1=O. The van der Waals surface area contributed by atoms with Crippen LogP contribution in [0.1, 0.15) is 18.5 Å². The highest BCUT2D eigenvalue weighted by molar-refractivity contribution is 6.17. The number of amides is 1. The Kier molecular flexibility index (Phi) is 6.55. The van der Waals surface area contributed by atoms with Crippen LogP contribution in [-0.4, -0.2) is 35.3 Å². The van der Waals surface area contributed by atoms with Crippen molar-refractivity contribution in [2.24, 2.45) is 0 Å². The summed E-state index contributed by atoms with van der Waals surface area (Å²) in [5, 5.41) is 8.54. The maximum atomic E-state index is 12.4. The van der Waals surface area contributed by atoms with Crippen molar-refractivity contribution in [3.05, 3.63) is 40.3 Å². The van der Waals surface area contributed by atoms with Gasteiger partial charge in [-0.2, -0.15) is 5.10 Å². The summed E-state index contributed by atoms with van der Waals surface area (Å²) in [5.41, 5.74) is 0.505. The number of fused-ring (bicyclic) bond motifs is 1. The van der Waals surface area contributed by atoms with Gasteiger partial charge in [0.15, 0.2) is 0 Å². The lowest BCUT2D eigenvalue weighted by Gasteiger charge is -2.11. The third kappa shape index (κ3) is 4.53. The van der Waals surface area contributed by atoms with E-state index in [1.807, 2.05) is 18.2 Å². The standard InChI is InChI=1S/C16H20ClN3O3/c1-23-10-9-20-16(22)13-6-3-2-5-12(13)14(19-20)11-18-15(21)7-4-8-17/h2-3,5-6H,4,7-11H2,1H3,(H,18,21). The minimum Gasteiger partial charge on any atom is -0.383 e. The zero-order valence-electron chi connectivity index (χ0n) is 13.0. The van der Waals surface area contributed by atoms with Gasteiger partial charge in [-0.05, 0) is 12.5 Å². The second-order valence-corrected chi connectivity index (χ2v) is 5.46. The molecule has 0 aliphatic rings. The van der Waals surface area contributed by atoms with Crippen LogP contribution < -0.4 is 10.9 Å². The maximum Gasteiger partial charge on any atom is 0.274 e. The quantitative estimate of drug-likeness (QED) is 0.744. The molecule has 1 N–H and O–H groups in total. The minimum atomic E-state index is -0.158. The number of aromatic nitrogens is 2.